The highest BCUT2D eigenvalue weighted by Crippen LogP contribution is 2.39. The van der Waals surface area contributed by atoms with Crippen molar-refractivity contribution in [3.8, 4) is 0 Å². The van der Waals surface area contributed by atoms with Gasteiger partial charge in [0.05, 0.1) is 23.5 Å². The van der Waals surface area contributed by atoms with Gasteiger partial charge in [0.25, 0.3) is 5.91 Å². The minimum absolute atomic E-state index is 0.0642. The summed E-state index contributed by atoms with van der Waals surface area (Å²) in [7, 11) is 0. The van der Waals surface area contributed by atoms with E-state index < -0.39 is 0 Å². The average molecular weight is 364 g/mol. The van der Waals surface area contributed by atoms with Crippen molar-refractivity contribution in [2.45, 2.75) is 26.1 Å². The summed E-state index contributed by atoms with van der Waals surface area (Å²) in [5.41, 5.74) is 3.25. The fraction of sp³-hybridized carbons (Fsp3) is 0.286. The lowest BCUT2D eigenvalue weighted by Gasteiger charge is -2.27. The van der Waals surface area contributed by atoms with Crippen molar-refractivity contribution in [1.82, 2.24) is 5.32 Å². The number of carbonyl (C=O) groups excluding carboxylic acids is 1. The first kappa shape index (κ1) is 15.9. The van der Waals surface area contributed by atoms with Crippen LogP contribution in [0.2, 0.25) is 0 Å². The second kappa shape index (κ2) is 6.11. The summed E-state index contributed by atoms with van der Waals surface area (Å²) in [6.45, 7) is 5.53. The van der Waals surface area contributed by atoms with Crippen molar-refractivity contribution < 1.29 is 9.69 Å². The van der Waals surface area contributed by atoms with Crippen molar-refractivity contribution in [1.29, 1.82) is 0 Å². The third-order valence-corrected chi connectivity index (χ3v) is 6.78. The maximum atomic E-state index is 12.9. The molecule has 132 valence electrons. The highest BCUT2D eigenvalue weighted by molar-refractivity contribution is 7.16. The van der Waals surface area contributed by atoms with Crippen LogP contribution in [0.15, 0.2) is 42.5 Å². The van der Waals surface area contributed by atoms with Crippen LogP contribution in [0, 0.1) is 0 Å². The molecule has 5 rings (SSSR count). The van der Waals surface area contributed by atoms with Gasteiger partial charge in [-0.1, -0.05) is 36.4 Å². The molecule has 2 aliphatic heterocycles. The van der Waals surface area contributed by atoms with E-state index in [-0.39, 0.29) is 12.1 Å². The summed E-state index contributed by atoms with van der Waals surface area (Å²) in [4.78, 5) is 15.8. The molecule has 3 heterocycles. The Balaban J connectivity index is 1.50. The fourth-order valence-corrected chi connectivity index (χ4v) is 5.45. The molecule has 0 saturated carbocycles. The molecular formula is C21H22N3OS+. The first-order chi connectivity index (χ1) is 12.7. The first-order valence-corrected chi connectivity index (χ1v) is 10.1. The molecule has 3 N–H and O–H groups in total. The Bertz CT molecular complexity index is 1010. The summed E-state index contributed by atoms with van der Waals surface area (Å²) in [6, 6.07) is 14.7. The minimum atomic E-state index is -0.172. The van der Waals surface area contributed by atoms with Crippen molar-refractivity contribution >= 4 is 33.0 Å². The number of hydrogen-bond acceptors (Lipinski definition) is 3. The molecule has 2 atom stereocenters. The summed E-state index contributed by atoms with van der Waals surface area (Å²) in [5, 5.41) is 10.2. The quantitative estimate of drug-likeness (QED) is 0.655. The first-order valence-electron chi connectivity index (χ1n) is 9.27. The molecule has 1 unspecified atom stereocenters. The summed E-state index contributed by atoms with van der Waals surface area (Å²) < 4.78 is 0. The van der Waals surface area contributed by atoms with Crippen molar-refractivity contribution in [3.63, 3.8) is 0 Å². The number of quaternary nitrogens is 1. The van der Waals surface area contributed by atoms with Gasteiger partial charge < -0.3 is 15.5 Å². The van der Waals surface area contributed by atoms with E-state index in [0.29, 0.717) is 0 Å². The van der Waals surface area contributed by atoms with Crippen LogP contribution in [0.1, 0.15) is 39.5 Å². The largest absolute Gasteiger partial charge is 0.353 e. The van der Waals surface area contributed by atoms with Crippen molar-refractivity contribution in [2.75, 3.05) is 18.4 Å². The number of amides is 1. The highest BCUT2D eigenvalue weighted by Gasteiger charge is 2.34. The smallest absolute Gasteiger partial charge is 0.256 e. The summed E-state index contributed by atoms with van der Waals surface area (Å²) >= 11 is 1.77. The lowest BCUT2D eigenvalue weighted by atomic mass is 9.99. The van der Waals surface area contributed by atoms with Gasteiger partial charge >= 0.3 is 0 Å². The number of rotatable bonds is 2. The topological polar surface area (TPSA) is 45.6 Å². The van der Waals surface area contributed by atoms with E-state index in [1.807, 2.05) is 12.1 Å². The van der Waals surface area contributed by atoms with E-state index >= 15 is 0 Å². The van der Waals surface area contributed by atoms with Gasteiger partial charge in [0.2, 0.25) is 0 Å². The number of thiophene rings is 1. The van der Waals surface area contributed by atoms with E-state index in [1.54, 1.807) is 16.2 Å². The number of hydrogen-bond donors (Lipinski definition) is 3. The second-order valence-corrected chi connectivity index (χ2v) is 8.25. The third-order valence-electron chi connectivity index (χ3n) is 5.61. The van der Waals surface area contributed by atoms with E-state index in [1.165, 1.54) is 21.2 Å². The Morgan fingerprint density at radius 2 is 2.00 bits per heavy atom. The van der Waals surface area contributed by atoms with Gasteiger partial charge in [-0.2, -0.15) is 0 Å². The number of anilines is 1. The Morgan fingerprint density at radius 3 is 2.85 bits per heavy atom. The molecule has 5 heteroatoms. The van der Waals surface area contributed by atoms with Gasteiger partial charge in [-0.3, -0.25) is 4.79 Å². The average Bonchev–Trinajstić information content (AvgIpc) is 3.05. The summed E-state index contributed by atoms with van der Waals surface area (Å²) in [5.74, 6) is 0.0642. The molecule has 0 radical (unpaired) electrons. The monoisotopic (exact) mass is 364 g/mol. The lowest BCUT2D eigenvalue weighted by Crippen LogP contribution is -3.11. The molecule has 1 amide bonds. The molecule has 2 aliphatic rings. The number of carbonyl (C=O) groups is 1. The van der Waals surface area contributed by atoms with Crippen LogP contribution in [-0.4, -0.2) is 19.0 Å². The third kappa shape index (κ3) is 2.50. The number of benzene rings is 2. The fourth-order valence-electron chi connectivity index (χ4n) is 4.10. The molecule has 1 aromatic heterocycles. The lowest BCUT2D eigenvalue weighted by molar-refractivity contribution is -0.913. The molecule has 4 nitrogen and oxygen atoms in total. The van der Waals surface area contributed by atoms with E-state index in [9.17, 15) is 4.79 Å². The maximum absolute atomic E-state index is 12.9. The number of fused-ring (bicyclic) bond motifs is 4. The summed E-state index contributed by atoms with van der Waals surface area (Å²) in [6.07, 6.45) is 0.828. The van der Waals surface area contributed by atoms with Gasteiger partial charge in [-0.05, 0) is 34.9 Å². The van der Waals surface area contributed by atoms with Crippen molar-refractivity contribution in [3.05, 3.63) is 64.0 Å². The Morgan fingerprint density at radius 1 is 1.15 bits per heavy atom. The standard InChI is InChI=1S/C21H21N3OS/c1-2-24-10-9-16-17(12-24)26-21-18(16)20(25)22-19(23-21)15-8-7-13-5-3-4-6-14(13)11-15/h3-8,11,19,23H,2,9-10,12H2,1H3,(H,22,25)/p+1/t19-/m1/s1. The molecular weight excluding hydrogens is 342 g/mol. The Kier molecular flexibility index (Phi) is 3.72. The molecule has 26 heavy (non-hydrogen) atoms. The van der Waals surface area contributed by atoms with E-state index in [2.05, 4.69) is 47.9 Å². The maximum Gasteiger partial charge on any atom is 0.256 e. The van der Waals surface area contributed by atoms with E-state index in [4.69, 9.17) is 0 Å². The highest BCUT2D eigenvalue weighted by atomic mass is 32.1. The van der Waals surface area contributed by atoms with Gasteiger partial charge in [0, 0.05) is 6.42 Å². The van der Waals surface area contributed by atoms with Crippen LogP contribution in [0.3, 0.4) is 0 Å². The van der Waals surface area contributed by atoms with Crippen LogP contribution in [0.4, 0.5) is 5.00 Å². The van der Waals surface area contributed by atoms with Crippen LogP contribution in [-0.2, 0) is 13.0 Å². The molecule has 2 aromatic carbocycles. The zero-order valence-electron chi connectivity index (χ0n) is 14.8. The van der Waals surface area contributed by atoms with Gasteiger partial charge in [0.15, 0.2) is 0 Å². The predicted octanol–water partition coefficient (Wildman–Crippen LogP) is 2.72. The number of nitrogens with one attached hydrogen (secondary N) is 3. The molecule has 3 aromatic rings. The van der Waals surface area contributed by atoms with Gasteiger partial charge in [-0.25, -0.2) is 0 Å². The van der Waals surface area contributed by atoms with Gasteiger partial charge in [0.1, 0.15) is 17.7 Å². The molecule has 0 spiro atoms. The number of likely N-dealkylation sites (N-methyl/N-ethyl adjacent to an activating group) is 1. The SMILES string of the molecule is CC[NH+]1CCc2c(sc3c2C(=O)N[C@@H](c2ccc4ccccc4c2)N3)C1. The molecule has 0 bridgehead atoms. The normalized spacial score (nSPS) is 21.7. The Hall–Kier alpha value is -2.37. The minimum Gasteiger partial charge on any atom is -0.353 e. The van der Waals surface area contributed by atoms with Gasteiger partial charge in [-0.15, -0.1) is 11.3 Å². The van der Waals surface area contributed by atoms with Crippen LogP contribution >= 0.6 is 11.3 Å². The molecule has 0 fully saturated rings. The zero-order chi connectivity index (χ0) is 17.7. The van der Waals surface area contributed by atoms with Crippen LogP contribution in [0.25, 0.3) is 10.8 Å². The predicted molar refractivity (Wildman–Crippen MR) is 106 cm³/mol. The zero-order valence-corrected chi connectivity index (χ0v) is 15.6. The van der Waals surface area contributed by atoms with E-state index in [0.717, 1.165) is 42.2 Å². The second-order valence-electron chi connectivity index (χ2n) is 7.15. The molecule has 0 aliphatic carbocycles. The Labute approximate surface area is 156 Å². The van der Waals surface area contributed by atoms with Crippen LogP contribution in [0.5, 0.6) is 0 Å². The van der Waals surface area contributed by atoms with Crippen LogP contribution < -0.4 is 15.5 Å². The molecule has 0 saturated heterocycles. The van der Waals surface area contributed by atoms with Crippen molar-refractivity contribution in [2.24, 2.45) is 0 Å².